The van der Waals surface area contributed by atoms with E-state index < -0.39 is 0 Å². The average molecular weight is 187 g/mol. The third-order valence-electron chi connectivity index (χ3n) is 2.92. The van der Waals surface area contributed by atoms with Gasteiger partial charge < -0.3 is 5.32 Å². The monoisotopic (exact) mass is 186 g/mol. The van der Waals surface area contributed by atoms with Gasteiger partial charge in [-0.2, -0.15) is 0 Å². The molecule has 0 aromatic heterocycles. The Morgan fingerprint density at radius 3 is 2.58 bits per heavy atom. The van der Waals surface area contributed by atoms with E-state index in [0.717, 1.165) is 18.4 Å². The van der Waals surface area contributed by atoms with Gasteiger partial charge in [-0.1, -0.05) is 17.7 Å². The van der Waals surface area contributed by atoms with Crippen molar-refractivity contribution in [2.24, 2.45) is 11.8 Å². The third-order valence-corrected chi connectivity index (χ3v) is 3.10. The summed E-state index contributed by atoms with van der Waals surface area (Å²) in [5.74, 6) is 1.79. The first-order valence-electron chi connectivity index (χ1n) is 4.58. The highest BCUT2D eigenvalue weighted by atomic mass is 35.5. The van der Waals surface area contributed by atoms with Gasteiger partial charge in [-0.25, -0.2) is 0 Å². The molecule has 2 aliphatic rings. The highest BCUT2D eigenvalue weighted by molar-refractivity contribution is 6.25. The van der Waals surface area contributed by atoms with Crippen molar-refractivity contribution < 1.29 is 0 Å². The Bertz CT molecular complexity index is 169. The van der Waals surface area contributed by atoms with Crippen LogP contribution in [0, 0.1) is 11.8 Å². The van der Waals surface area contributed by atoms with Crippen molar-refractivity contribution in [1.29, 1.82) is 0 Å². The molecule has 0 amide bonds. The van der Waals surface area contributed by atoms with Gasteiger partial charge in [-0.05, 0) is 24.9 Å². The van der Waals surface area contributed by atoms with Crippen LogP contribution in [0.15, 0.2) is 11.6 Å². The van der Waals surface area contributed by atoms with E-state index >= 15 is 0 Å². The topological polar surface area (TPSA) is 15.3 Å². The van der Waals surface area contributed by atoms with Crippen molar-refractivity contribution in [2.45, 2.75) is 0 Å². The fraction of sp³-hybridized carbons (Fsp3) is 0.778. The van der Waals surface area contributed by atoms with Gasteiger partial charge in [-0.15, -0.1) is 0 Å². The Morgan fingerprint density at radius 2 is 2.00 bits per heavy atom. The standard InChI is InChI=1S/C9H15ClN2/c10-2-1-3-12-6-8-4-11-5-9(8)7-12/h1-2,8-9,11H,3-7H2/b2-1+/t8-,9+. The van der Waals surface area contributed by atoms with E-state index in [0.29, 0.717) is 0 Å². The highest BCUT2D eigenvalue weighted by Gasteiger charge is 2.35. The number of likely N-dealkylation sites (tertiary alicyclic amines) is 1. The van der Waals surface area contributed by atoms with E-state index in [-0.39, 0.29) is 0 Å². The van der Waals surface area contributed by atoms with Gasteiger partial charge in [0.25, 0.3) is 0 Å². The van der Waals surface area contributed by atoms with Gasteiger partial charge in [0.15, 0.2) is 0 Å². The maximum absolute atomic E-state index is 5.48. The van der Waals surface area contributed by atoms with Gasteiger partial charge in [0.2, 0.25) is 0 Å². The molecule has 0 spiro atoms. The van der Waals surface area contributed by atoms with Crippen LogP contribution in [-0.4, -0.2) is 37.6 Å². The maximum Gasteiger partial charge on any atom is 0.0175 e. The van der Waals surface area contributed by atoms with Crippen molar-refractivity contribution in [2.75, 3.05) is 32.7 Å². The summed E-state index contributed by atoms with van der Waals surface area (Å²) in [4.78, 5) is 2.48. The van der Waals surface area contributed by atoms with Crippen LogP contribution >= 0.6 is 11.6 Å². The molecule has 1 N–H and O–H groups in total. The van der Waals surface area contributed by atoms with Crippen LogP contribution in [0.2, 0.25) is 0 Å². The Hall–Kier alpha value is -0.0500. The summed E-state index contributed by atoms with van der Waals surface area (Å²) in [6, 6.07) is 0. The van der Waals surface area contributed by atoms with Crippen molar-refractivity contribution in [1.82, 2.24) is 10.2 Å². The minimum atomic E-state index is 0.897. The van der Waals surface area contributed by atoms with Crippen LogP contribution in [0.4, 0.5) is 0 Å². The van der Waals surface area contributed by atoms with Crippen molar-refractivity contribution in [3.05, 3.63) is 11.6 Å². The molecule has 2 nitrogen and oxygen atoms in total. The molecule has 0 unspecified atom stereocenters. The molecule has 2 saturated heterocycles. The van der Waals surface area contributed by atoms with Crippen LogP contribution in [0.3, 0.4) is 0 Å². The summed E-state index contributed by atoms with van der Waals surface area (Å²) in [6.07, 6.45) is 2.02. The first-order valence-corrected chi connectivity index (χ1v) is 5.02. The Kier molecular flexibility index (Phi) is 2.69. The quantitative estimate of drug-likeness (QED) is 0.689. The molecule has 0 saturated carbocycles. The number of hydrogen-bond acceptors (Lipinski definition) is 2. The van der Waals surface area contributed by atoms with Crippen LogP contribution in [0.5, 0.6) is 0 Å². The first kappa shape index (κ1) is 8.54. The fourth-order valence-corrected chi connectivity index (χ4v) is 2.37. The average Bonchev–Trinajstić information content (AvgIpc) is 2.58. The molecule has 0 aliphatic carbocycles. The second-order valence-corrected chi connectivity index (χ2v) is 4.01. The van der Waals surface area contributed by atoms with Gasteiger partial charge in [0, 0.05) is 25.2 Å². The first-order chi connectivity index (χ1) is 5.90. The maximum atomic E-state index is 5.48. The summed E-state index contributed by atoms with van der Waals surface area (Å²) in [7, 11) is 0. The molecule has 2 heterocycles. The zero-order valence-corrected chi connectivity index (χ0v) is 7.93. The molecule has 0 radical (unpaired) electrons. The summed E-state index contributed by atoms with van der Waals surface area (Å²) >= 11 is 5.48. The number of hydrogen-bond donors (Lipinski definition) is 1. The van der Waals surface area contributed by atoms with Gasteiger partial charge >= 0.3 is 0 Å². The van der Waals surface area contributed by atoms with Crippen molar-refractivity contribution >= 4 is 11.6 Å². The number of nitrogens with one attached hydrogen (secondary N) is 1. The van der Waals surface area contributed by atoms with Crippen LogP contribution in [-0.2, 0) is 0 Å². The normalized spacial score (nSPS) is 36.4. The zero-order chi connectivity index (χ0) is 8.39. The molecule has 12 heavy (non-hydrogen) atoms. The molecule has 3 heteroatoms. The summed E-state index contributed by atoms with van der Waals surface area (Å²) in [6.45, 7) is 5.95. The Labute approximate surface area is 78.6 Å². The molecule has 0 aromatic carbocycles. The number of nitrogens with zero attached hydrogens (tertiary/aromatic N) is 1. The minimum Gasteiger partial charge on any atom is -0.316 e. The predicted octanol–water partition coefficient (Wildman–Crippen LogP) is 0.890. The number of fused-ring (bicyclic) bond motifs is 1. The van der Waals surface area contributed by atoms with Crippen molar-refractivity contribution in [3.63, 3.8) is 0 Å². The lowest BCUT2D eigenvalue weighted by molar-refractivity contribution is 0.346. The van der Waals surface area contributed by atoms with Gasteiger partial charge in [0.1, 0.15) is 0 Å². The molecule has 0 aromatic rings. The second-order valence-electron chi connectivity index (χ2n) is 3.76. The van der Waals surface area contributed by atoms with E-state index in [1.165, 1.54) is 26.2 Å². The predicted molar refractivity (Wildman–Crippen MR) is 51.3 cm³/mol. The summed E-state index contributed by atoms with van der Waals surface area (Å²) < 4.78 is 0. The lowest BCUT2D eigenvalue weighted by Crippen LogP contribution is -2.25. The molecule has 2 fully saturated rings. The van der Waals surface area contributed by atoms with E-state index in [4.69, 9.17) is 11.6 Å². The van der Waals surface area contributed by atoms with Gasteiger partial charge in [-0.3, -0.25) is 4.90 Å². The van der Waals surface area contributed by atoms with Crippen LogP contribution < -0.4 is 5.32 Å². The fourth-order valence-electron chi connectivity index (χ4n) is 2.29. The molecular formula is C9H15ClN2. The molecule has 2 atom stereocenters. The lowest BCUT2D eigenvalue weighted by atomic mass is 10.0. The molecule has 2 rings (SSSR count). The smallest absolute Gasteiger partial charge is 0.0175 e. The summed E-state index contributed by atoms with van der Waals surface area (Å²) in [5, 5.41) is 3.43. The minimum absolute atomic E-state index is 0.897. The van der Waals surface area contributed by atoms with E-state index in [9.17, 15) is 0 Å². The Morgan fingerprint density at radius 1 is 1.33 bits per heavy atom. The molecule has 0 bridgehead atoms. The van der Waals surface area contributed by atoms with E-state index in [2.05, 4.69) is 10.2 Å². The SMILES string of the molecule is Cl/C=C/CN1C[C@H]2CNC[C@H]2C1. The van der Waals surface area contributed by atoms with Crippen LogP contribution in [0.25, 0.3) is 0 Å². The number of halogens is 1. The summed E-state index contributed by atoms with van der Waals surface area (Å²) in [5.41, 5.74) is 1.62. The zero-order valence-electron chi connectivity index (χ0n) is 7.17. The second kappa shape index (κ2) is 3.77. The van der Waals surface area contributed by atoms with Crippen molar-refractivity contribution in [3.8, 4) is 0 Å². The third kappa shape index (κ3) is 1.65. The van der Waals surface area contributed by atoms with Gasteiger partial charge in [0.05, 0.1) is 0 Å². The molecule has 2 aliphatic heterocycles. The molecule has 68 valence electrons. The van der Waals surface area contributed by atoms with E-state index in [1.54, 1.807) is 5.54 Å². The number of rotatable bonds is 2. The largest absolute Gasteiger partial charge is 0.316 e. The van der Waals surface area contributed by atoms with E-state index in [1.807, 2.05) is 6.08 Å². The van der Waals surface area contributed by atoms with Crippen LogP contribution in [0.1, 0.15) is 0 Å². The lowest BCUT2D eigenvalue weighted by Gasteiger charge is -2.13. The molecular weight excluding hydrogens is 172 g/mol. The highest BCUT2D eigenvalue weighted by Crippen LogP contribution is 2.25. The Balaban J connectivity index is 1.82.